The fraction of sp³-hybridized carbons (Fsp3) is 0.200. The summed E-state index contributed by atoms with van der Waals surface area (Å²) in [6, 6.07) is 1.96. The first-order valence-corrected chi connectivity index (χ1v) is 4.04. The Morgan fingerprint density at radius 2 is 2.38 bits per heavy atom. The lowest BCUT2D eigenvalue weighted by atomic mass is 10.4. The molecule has 1 heterocycles. The monoisotopic (exact) mass is 240 g/mol. The highest BCUT2D eigenvalue weighted by molar-refractivity contribution is 14.1. The van der Waals surface area contributed by atoms with E-state index in [9.17, 15) is 0 Å². The Labute approximate surface area is 65.5 Å². The standard InChI is InChI=1S/C5H5IOS/c1-3-2-4(6)8-5(3)7/h2,7H,1H3. The highest BCUT2D eigenvalue weighted by atomic mass is 127. The van der Waals surface area contributed by atoms with Gasteiger partial charge in [-0.25, -0.2) is 0 Å². The quantitative estimate of drug-likeness (QED) is 0.690. The van der Waals surface area contributed by atoms with Crippen molar-refractivity contribution >= 4 is 33.9 Å². The van der Waals surface area contributed by atoms with Gasteiger partial charge in [0.05, 0.1) is 2.88 Å². The normalized spacial score (nSPS) is 9.75. The lowest BCUT2D eigenvalue weighted by Gasteiger charge is -1.79. The van der Waals surface area contributed by atoms with Crippen molar-refractivity contribution in [1.82, 2.24) is 0 Å². The van der Waals surface area contributed by atoms with Gasteiger partial charge in [0.1, 0.15) is 0 Å². The molecule has 0 atom stereocenters. The van der Waals surface area contributed by atoms with Crippen molar-refractivity contribution < 1.29 is 5.11 Å². The van der Waals surface area contributed by atoms with Crippen LogP contribution in [-0.4, -0.2) is 5.11 Å². The van der Waals surface area contributed by atoms with Crippen LogP contribution in [0, 0.1) is 9.81 Å². The molecule has 1 rings (SSSR count). The van der Waals surface area contributed by atoms with E-state index in [-0.39, 0.29) is 0 Å². The molecule has 0 radical (unpaired) electrons. The van der Waals surface area contributed by atoms with Crippen LogP contribution in [0.4, 0.5) is 0 Å². The topological polar surface area (TPSA) is 20.2 Å². The third kappa shape index (κ3) is 1.14. The van der Waals surface area contributed by atoms with Gasteiger partial charge in [-0.15, -0.1) is 0 Å². The molecule has 1 aromatic heterocycles. The Morgan fingerprint density at radius 3 is 2.50 bits per heavy atom. The maximum absolute atomic E-state index is 8.95. The van der Waals surface area contributed by atoms with E-state index in [1.807, 2.05) is 13.0 Å². The fourth-order valence-electron chi connectivity index (χ4n) is 0.434. The molecule has 0 aliphatic carbocycles. The van der Waals surface area contributed by atoms with E-state index in [4.69, 9.17) is 5.11 Å². The molecule has 1 N–H and O–H groups in total. The van der Waals surface area contributed by atoms with Gasteiger partial charge < -0.3 is 5.11 Å². The summed E-state index contributed by atoms with van der Waals surface area (Å²) in [4.78, 5) is 0. The Balaban J connectivity index is 3.14. The number of hydrogen-bond donors (Lipinski definition) is 1. The van der Waals surface area contributed by atoms with Crippen molar-refractivity contribution in [1.29, 1.82) is 0 Å². The highest BCUT2D eigenvalue weighted by Gasteiger charge is 1.98. The van der Waals surface area contributed by atoms with Crippen LogP contribution >= 0.6 is 33.9 Å². The lowest BCUT2D eigenvalue weighted by Crippen LogP contribution is -1.56. The molecule has 0 spiro atoms. The summed E-state index contributed by atoms with van der Waals surface area (Å²) in [6.07, 6.45) is 0. The van der Waals surface area contributed by atoms with Crippen LogP contribution in [0.3, 0.4) is 0 Å². The maximum Gasteiger partial charge on any atom is 0.175 e. The largest absolute Gasteiger partial charge is 0.499 e. The van der Waals surface area contributed by atoms with Crippen molar-refractivity contribution in [2.24, 2.45) is 0 Å². The van der Waals surface area contributed by atoms with E-state index < -0.39 is 0 Å². The minimum absolute atomic E-state index is 0.439. The average Bonchev–Trinajstić information content (AvgIpc) is 1.85. The molecule has 3 heteroatoms. The summed E-state index contributed by atoms with van der Waals surface area (Å²) in [7, 11) is 0. The van der Waals surface area contributed by atoms with E-state index in [1.54, 1.807) is 0 Å². The third-order valence-electron chi connectivity index (χ3n) is 0.862. The van der Waals surface area contributed by atoms with Gasteiger partial charge in [-0.1, -0.05) is 11.3 Å². The summed E-state index contributed by atoms with van der Waals surface area (Å²) in [6.45, 7) is 1.90. The smallest absolute Gasteiger partial charge is 0.175 e. The van der Waals surface area contributed by atoms with Crippen molar-refractivity contribution in [2.45, 2.75) is 6.92 Å². The molecule has 0 amide bonds. The number of rotatable bonds is 0. The Kier molecular flexibility index (Phi) is 1.77. The fourth-order valence-corrected chi connectivity index (χ4v) is 2.17. The number of hydrogen-bond acceptors (Lipinski definition) is 2. The zero-order valence-corrected chi connectivity index (χ0v) is 7.28. The highest BCUT2D eigenvalue weighted by Crippen LogP contribution is 2.28. The molecular formula is C5H5IOS. The zero-order valence-electron chi connectivity index (χ0n) is 4.31. The number of halogens is 1. The molecule has 44 valence electrons. The van der Waals surface area contributed by atoms with Crippen LogP contribution in [0.25, 0.3) is 0 Å². The van der Waals surface area contributed by atoms with Crippen LogP contribution in [-0.2, 0) is 0 Å². The molecule has 0 unspecified atom stereocenters. The first-order chi connectivity index (χ1) is 3.70. The summed E-state index contributed by atoms with van der Waals surface area (Å²) in [5.74, 6) is 0. The van der Waals surface area contributed by atoms with Crippen molar-refractivity contribution in [3.8, 4) is 5.06 Å². The first kappa shape index (κ1) is 6.35. The van der Waals surface area contributed by atoms with Gasteiger partial charge in [0.25, 0.3) is 0 Å². The molecule has 8 heavy (non-hydrogen) atoms. The molecule has 0 aliphatic heterocycles. The second kappa shape index (κ2) is 2.23. The molecule has 0 saturated heterocycles. The molecular weight excluding hydrogens is 235 g/mol. The Morgan fingerprint density at radius 1 is 1.75 bits per heavy atom. The molecule has 0 aliphatic rings. The van der Waals surface area contributed by atoms with Crippen LogP contribution in [0.1, 0.15) is 5.56 Å². The van der Waals surface area contributed by atoms with E-state index in [1.165, 1.54) is 11.3 Å². The van der Waals surface area contributed by atoms with E-state index >= 15 is 0 Å². The van der Waals surface area contributed by atoms with Crippen LogP contribution < -0.4 is 0 Å². The molecule has 0 fully saturated rings. The Hall–Kier alpha value is 0.230. The van der Waals surface area contributed by atoms with Crippen molar-refractivity contribution in [2.75, 3.05) is 0 Å². The number of aromatic hydroxyl groups is 1. The average molecular weight is 240 g/mol. The molecule has 1 nitrogen and oxygen atoms in total. The van der Waals surface area contributed by atoms with Crippen LogP contribution in [0.5, 0.6) is 5.06 Å². The summed E-state index contributed by atoms with van der Waals surface area (Å²) >= 11 is 3.60. The molecule has 1 aromatic rings. The van der Waals surface area contributed by atoms with E-state index in [2.05, 4.69) is 22.6 Å². The predicted octanol–water partition coefficient (Wildman–Crippen LogP) is 2.37. The van der Waals surface area contributed by atoms with Crippen molar-refractivity contribution in [3.63, 3.8) is 0 Å². The first-order valence-electron chi connectivity index (χ1n) is 2.15. The maximum atomic E-state index is 8.95. The predicted molar refractivity (Wildman–Crippen MR) is 43.4 cm³/mol. The minimum Gasteiger partial charge on any atom is -0.499 e. The Bertz CT molecular complexity index is 175. The third-order valence-corrected chi connectivity index (χ3v) is 2.66. The van der Waals surface area contributed by atoms with Gasteiger partial charge in [0, 0.05) is 5.56 Å². The second-order valence-corrected chi connectivity index (χ2v) is 4.46. The summed E-state index contributed by atoms with van der Waals surface area (Å²) < 4.78 is 1.14. The van der Waals surface area contributed by atoms with Gasteiger partial charge >= 0.3 is 0 Å². The van der Waals surface area contributed by atoms with E-state index in [0.29, 0.717) is 5.06 Å². The molecule has 0 saturated carbocycles. The summed E-state index contributed by atoms with van der Waals surface area (Å²) in [5.41, 5.74) is 0.972. The zero-order chi connectivity index (χ0) is 6.15. The van der Waals surface area contributed by atoms with Crippen molar-refractivity contribution in [3.05, 3.63) is 14.5 Å². The van der Waals surface area contributed by atoms with Gasteiger partial charge in [-0.3, -0.25) is 0 Å². The van der Waals surface area contributed by atoms with Crippen LogP contribution in [0.15, 0.2) is 6.07 Å². The van der Waals surface area contributed by atoms with Crippen LogP contribution in [0.2, 0.25) is 0 Å². The molecule has 0 aromatic carbocycles. The molecule has 0 bridgehead atoms. The van der Waals surface area contributed by atoms with E-state index in [0.717, 1.165) is 8.45 Å². The SMILES string of the molecule is Cc1cc(I)sc1O. The lowest BCUT2D eigenvalue weighted by molar-refractivity contribution is 0.487. The van der Waals surface area contributed by atoms with Gasteiger partial charge in [-0.05, 0) is 35.6 Å². The van der Waals surface area contributed by atoms with Gasteiger partial charge in [-0.2, -0.15) is 0 Å². The minimum atomic E-state index is 0.439. The number of thiophene rings is 1. The second-order valence-electron chi connectivity index (χ2n) is 1.54. The van der Waals surface area contributed by atoms with Gasteiger partial charge in [0.15, 0.2) is 5.06 Å². The summed E-state index contributed by atoms with van der Waals surface area (Å²) in [5, 5.41) is 9.39. The number of aryl methyl sites for hydroxylation is 1. The van der Waals surface area contributed by atoms with Gasteiger partial charge in [0.2, 0.25) is 0 Å².